The van der Waals surface area contributed by atoms with Crippen molar-refractivity contribution in [2.24, 2.45) is 5.41 Å². The van der Waals surface area contributed by atoms with Gasteiger partial charge in [0.2, 0.25) is 0 Å². The molecule has 1 aliphatic heterocycles. The molecule has 0 radical (unpaired) electrons. The highest BCUT2D eigenvalue weighted by atomic mass is 16.5. The molecule has 1 heterocycles. The largest absolute Gasteiger partial charge is 0.381 e. The van der Waals surface area contributed by atoms with E-state index < -0.39 is 0 Å². The lowest BCUT2D eigenvalue weighted by Gasteiger charge is -2.37. The second kappa shape index (κ2) is 4.83. The van der Waals surface area contributed by atoms with Crippen LogP contribution >= 0.6 is 0 Å². The molecule has 72 valence electrons. The smallest absolute Gasteiger partial charge is 0.0564 e. The van der Waals surface area contributed by atoms with E-state index in [0.717, 1.165) is 26.4 Å². The van der Waals surface area contributed by atoms with Crippen molar-refractivity contribution in [3.05, 3.63) is 0 Å². The van der Waals surface area contributed by atoms with Crippen LogP contribution in [0.25, 0.3) is 0 Å². The summed E-state index contributed by atoms with van der Waals surface area (Å²) >= 11 is 0. The maximum atomic E-state index is 5.56. The number of hydrogen-bond donors (Lipinski definition) is 0. The summed E-state index contributed by atoms with van der Waals surface area (Å²) < 4.78 is 10.7. The third-order valence-electron chi connectivity index (χ3n) is 2.24. The van der Waals surface area contributed by atoms with Crippen molar-refractivity contribution >= 4 is 0 Å². The van der Waals surface area contributed by atoms with Crippen molar-refractivity contribution in [2.75, 3.05) is 26.4 Å². The molecule has 1 aliphatic rings. The minimum atomic E-state index is 0.326. The SMILES string of the molecule is CCCCCOCC1(C)COC1. The molecule has 2 nitrogen and oxygen atoms in total. The summed E-state index contributed by atoms with van der Waals surface area (Å²) in [6.07, 6.45) is 3.75. The first-order valence-electron chi connectivity index (χ1n) is 4.92. The van der Waals surface area contributed by atoms with Crippen LogP contribution in [0.1, 0.15) is 33.1 Å². The lowest BCUT2D eigenvalue weighted by molar-refractivity contribution is -0.137. The van der Waals surface area contributed by atoms with Gasteiger partial charge in [-0.2, -0.15) is 0 Å². The standard InChI is InChI=1S/C10H20O2/c1-3-4-5-6-11-7-10(2)8-12-9-10/h3-9H2,1-2H3. The Balaban J connectivity index is 1.88. The highest BCUT2D eigenvalue weighted by Crippen LogP contribution is 2.26. The number of hydrogen-bond acceptors (Lipinski definition) is 2. The van der Waals surface area contributed by atoms with Crippen LogP contribution in [0.15, 0.2) is 0 Å². The molecule has 0 saturated carbocycles. The first-order chi connectivity index (χ1) is 5.77. The molecular formula is C10H20O2. The molecule has 1 fully saturated rings. The van der Waals surface area contributed by atoms with E-state index in [1.54, 1.807) is 0 Å². The lowest BCUT2D eigenvalue weighted by Crippen LogP contribution is -2.43. The quantitative estimate of drug-likeness (QED) is 0.572. The van der Waals surface area contributed by atoms with E-state index in [2.05, 4.69) is 13.8 Å². The van der Waals surface area contributed by atoms with Gasteiger partial charge in [-0.25, -0.2) is 0 Å². The number of unbranched alkanes of at least 4 members (excludes halogenated alkanes) is 2. The van der Waals surface area contributed by atoms with Gasteiger partial charge in [0.25, 0.3) is 0 Å². The average molecular weight is 172 g/mol. The van der Waals surface area contributed by atoms with Crippen LogP contribution in [-0.4, -0.2) is 26.4 Å². The first-order valence-corrected chi connectivity index (χ1v) is 4.92. The molecule has 0 aromatic heterocycles. The van der Waals surface area contributed by atoms with Crippen LogP contribution in [0.4, 0.5) is 0 Å². The Hall–Kier alpha value is -0.0800. The molecule has 0 aromatic carbocycles. The molecule has 0 aromatic rings. The molecule has 1 saturated heterocycles. The summed E-state index contributed by atoms with van der Waals surface area (Å²) in [6, 6.07) is 0. The first kappa shape index (κ1) is 10.0. The van der Waals surface area contributed by atoms with Crippen molar-refractivity contribution in [1.29, 1.82) is 0 Å². The highest BCUT2D eigenvalue weighted by molar-refractivity contribution is 4.79. The van der Waals surface area contributed by atoms with Crippen molar-refractivity contribution < 1.29 is 9.47 Å². The Morgan fingerprint density at radius 3 is 2.58 bits per heavy atom. The van der Waals surface area contributed by atoms with E-state index in [0.29, 0.717) is 5.41 Å². The van der Waals surface area contributed by atoms with Gasteiger partial charge < -0.3 is 9.47 Å². The second-order valence-corrected chi connectivity index (χ2v) is 4.06. The van der Waals surface area contributed by atoms with E-state index >= 15 is 0 Å². The Morgan fingerprint density at radius 1 is 1.33 bits per heavy atom. The zero-order chi connectivity index (χ0) is 8.86. The van der Waals surface area contributed by atoms with Gasteiger partial charge >= 0.3 is 0 Å². The molecule has 0 bridgehead atoms. The molecule has 12 heavy (non-hydrogen) atoms. The molecule has 0 spiro atoms. The van der Waals surface area contributed by atoms with Gasteiger partial charge in [-0.15, -0.1) is 0 Å². The third-order valence-corrected chi connectivity index (χ3v) is 2.24. The predicted octanol–water partition coefficient (Wildman–Crippen LogP) is 2.23. The Bertz CT molecular complexity index is 119. The molecule has 0 aliphatic carbocycles. The summed E-state index contributed by atoms with van der Waals surface area (Å²) in [7, 11) is 0. The van der Waals surface area contributed by atoms with E-state index in [1.165, 1.54) is 19.3 Å². The number of rotatable bonds is 6. The van der Waals surface area contributed by atoms with E-state index in [1.807, 2.05) is 0 Å². The summed E-state index contributed by atoms with van der Waals surface area (Å²) in [4.78, 5) is 0. The van der Waals surface area contributed by atoms with Crippen molar-refractivity contribution in [3.8, 4) is 0 Å². The van der Waals surface area contributed by atoms with Crippen LogP contribution in [0.2, 0.25) is 0 Å². The average Bonchev–Trinajstić information content (AvgIpc) is 2.01. The van der Waals surface area contributed by atoms with Crippen LogP contribution < -0.4 is 0 Å². The molecule has 2 heteroatoms. The Kier molecular flexibility index (Phi) is 4.02. The fraction of sp³-hybridized carbons (Fsp3) is 1.00. The molecular weight excluding hydrogens is 152 g/mol. The zero-order valence-corrected chi connectivity index (χ0v) is 8.27. The lowest BCUT2D eigenvalue weighted by atomic mass is 9.90. The van der Waals surface area contributed by atoms with Gasteiger partial charge in [0, 0.05) is 12.0 Å². The van der Waals surface area contributed by atoms with Crippen LogP contribution in [-0.2, 0) is 9.47 Å². The van der Waals surface area contributed by atoms with Gasteiger partial charge in [0.05, 0.1) is 19.8 Å². The van der Waals surface area contributed by atoms with Gasteiger partial charge in [-0.05, 0) is 6.42 Å². The Morgan fingerprint density at radius 2 is 2.08 bits per heavy atom. The summed E-state index contributed by atoms with van der Waals surface area (Å²) in [6.45, 7) is 7.97. The number of ether oxygens (including phenoxy) is 2. The predicted molar refractivity (Wildman–Crippen MR) is 49.3 cm³/mol. The molecule has 0 unspecified atom stereocenters. The van der Waals surface area contributed by atoms with E-state index in [-0.39, 0.29) is 0 Å². The normalized spacial score (nSPS) is 20.5. The van der Waals surface area contributed by atoms with Crippen molar-refractivity contribution in [1.82, 2.24) is 0 Å². The minimum absolute atomic E-state index is 0.326. The fourth-order valence-corrected chi connectivity index (χ4v) is 1.31. The molecule has 0 amide bonds. The molecule has 1 rings (SSSR count). The monoisotopic (exact) mass is 172 g/mol. The minimum Gasteiger partial charge on any atom is -0.381 e. The van der Waals surface area contributed by atoms with Crippen molar-refractivity contribution in [3.63, 3.8) is 0 Å². The van der Waals surface area contributed by atoms with E-state index in [9.17, 15) is 0 Å². The summed E-state index contributed by atoms with van der Waals surface area (Å²) in [5, 5.41) is 0. The van der Waals surface area contributed by atoms with Crippen molar-refractivity contribution in [2.45, 2.75) is 33.1 Å². The molecule has 0 N–H and O–H groups in total. The van der Waals surface area contributed by atoms with Gasteiger partial charge in [0.1, 0.15) is 0 Å². The van der Waals surface area contributed by atoms with Gasteiger partial charge in [0.15, 0.2) is 0 Å². The van der Waals surface area contributed by atoms with E-state index in [4.69, 9.17) is 9.47 Å². The summed E-state index contributed by atoms with van der Waals surface area (Å²) in [5.41, 5.74) is 0.326. The van der Waals surface area contributed by atoms with Gasteiger partial charge in [-0.3, -0.25) is 0 Å². The van der Waals surface area contributed by atoms with Gasteiger partial charge in [-0.1, -0.05) is 26.7 Å². The zero-order valence-electron chi connectivity index (χ0n) is 8.27. The fourth-order valence-electron chi connectivity index (χ4n) is 1.31. The Labute approximate surface area is 75.2 Å². The topological polar surface area (TPSA) is 18.5 Å². The summed E-state index contributed by atoms with van der Waals surface area (Å²) in [5.74, 6) is 0. The van der Waals surface area contributed by atoms with Crippen LogP contribution in [0, 0.1) is 5.41 Å². The second-order valence-electron chi connectivity index (χ2n) is 4.06. The van der Waals surface area contributed by atoms with Crippen LogP contribution in [0.3, 0.4) is 0 Å². The third kappa shape index (κ3) is 3.11. The highest BCUT2D eigenvalue weighted by Gasteiger charge is 2.33. The molecule has 0 atom stereocenters. The van der Waals surface area contributed by atoms with Crippen LogP contribution in [0.5, 0.6) is 0 Å². The maximum Gasteiger partial charge on any atom is 0.0564 e. The maximum absolute atomic E-state index is 5.56.